The monoisotopic (exact) mass is 473 g/mol. The van der Waals surface area contributed by atoms with Crippen molar-refractivity contribution >= 4 is 33.7 Å². The number of benzene rings is 2. The van der Waals surface area contributed by atoms with Gasteiger partial charge in [0, 0.05) is 18.5 Å². The lowest BCUT2D eigenvalue weighted by Gasteiger charge is -2.26. The molecule has 2 aliphatic heterocycles. The summed E-state index contributed by atoms with van der Waals surface area (Å²) in [6.07, 6.45) is 6.89. The average Bonchev–Trinajstić information content (AvgIpc) is 3.61. The molecule has 1 N–H and O–H groups in total. The largest absolute Gasteiger partial charge is 0.508 e. The Morgan fingerprint density at radius 3 is 2.97 bits per heavy atom. The number of carbonyl (C=O) groups excluding carboxylic acids is 1. The molecule has 2 aromatic heterocycles. The summed E-state index contributed by atoms with van der Waals surface area (Å²) in [6, 6.07) is 11.4. The summed E-state index contributed by atoms with van der Waals surface area (Å²) in [5, 5.41) is 11.9. The van der Waals surface area contributed by atoms with Gasteiger partial charge in [-0.3, -0.25) is 4.79 Å². The molecule has 0 spiro atoms. The van der Waals surface area contributed by atoms with E-state index in [2.05, 4.69) is 19.9 Å². The summed E-state index contributed by atoms with van der Waals surface area (Å²) < 4.78 is 13.3. The van der Waals surface area contributed by atoms with Gasteiger partial charge in [-0.2, -0.15) is 0 Å². The number of fused-ring (bicyclic) bond motifs is 2. The van der Waals surface area contributed by atoms with Crippen LogP contribution in [-0.4, -0.2) is 56.4 Å². The second kappa shape index (κ2) is 9.05. The lowest BCUT2D eigenvalue weighted by molar-refractivity contribution is -0.141. The average molecular weight is 474 g/mol. The van der Waals surface area contributed by atoms with Gasteiger partial charge in [0.15, 0.2) is 17.0 Å². The van der Waals surface area contributed by atoms with Crippen LogP contribution in [0.3, 0.4) is 0 Å². The second-order valence-corrected chi connectivity index (χ2v) is 9.21. The number of aromatic hydroxyl groups is 1. The van der Waals surface area contributed by atoms with Crippen LogP contribution in [0.2, 0.25) is 0 Å². The van der Waals surface area contributed by atoms with E-state index in [1.165, 1.54) is 0 Å². The van der Waals surface area contributed by atoms with Crippen molar-refractivity contribution < 1.29 is 19.4 Å². The maximum atomic E-state index is 11.8. The molecular weight excluding hydrogens is 446 g/mol. The summed E-state index contributed by atoms with van der Waals surface area (Å²) in [6.45, 7) is 2.55. The van der Waals surface area contributed by atoms with Crippen molar-refractivity contribution in [2.24, 2.45) is 5.92 Å². The van der Waals surface area contributed by atoms with Crippen LogP contribution in [0, 0.1) is 5.92 Å². The highest BCUT2D eigenvalue weighted by Gasteiger charge is 2.30. The molecule has 4 aromatic rings. The van der Waals surface area contributed by atoms with Crippen molar-refractivity contribution in [2.45, 2.75) is 38.3 Å². The maximum Gasteiger partial charge on any atom is 0.309 e. The van der Waals surface area contributed by atoms with Gasteiger partial charge in [-0.1, -0.05) is 18.2 Å². The molecule has 35 heavy (non-hydrogen) atoms. The molecular formula is C26H27N5O4. The van der Waals surface area contributed by atoms with Crippen LogP contribution >= 0.6 is 0 Å². The number of carbonyl (C=O) groups is 1. The fourth-order valence-electron chi connectivity index (χ4n) is 5.17. The molecule has 0 bridgehead atoms. The molecule has 6 rings (SSSR count). The Kier molecular flexibility index (Phi) is 5.60. The van der Waals surface area contributed by atoms with Crippen molar-refractivity contribution in [3.05, 3.63) is 49.1 Å². The Labute approximate surface area is 202 Å². The minimum atomic E-state index is -0.106. The quantitative estimate of drug-likeness (QED) is 0.406. The van der Waals surface area contributed by atoms with Crippen molar-refractivity contribution in [3.8, 4) is 11.5 Å². The molecule has 0 radical (unpaired) electrons. The van der Waals surface area contributed by atoms with Crippen LogP contribution in [0.5, 0.6) is 11.5 Å². The minimum absolute atomic E-state index is 0.0511. The van der Waals surface area contributed by atoms with Gasteiger partial charge < -0.3 is 24.0 Å². The van der Waals surface area contributed by atoms with Gasteiger partial charge >= 0.3 is 5.97 Å². The van der Waals surface area contributed by atoms with E-state index in [1.54, 1.807) is 24.8 Å². The summed E-state index contributed by atoms with van der Waals surface area (Å²) in [4.78, 5) is 27.8. The van der Waals surface area contributed by atoms with Gasteiger partial charge in [-0.25, -0.2) is 15.0 Å². The van der Waals surface area contributed by atoms with E-state index in [0.29, 0.717) is 26.2 Å². The normalized spacial score (nSPS) is 20.1. The van der Waals surface area contributed by atoms with Gasteiger partial charge in [0.25, 0.3) is 0 Å². The van der Waals surface area contributed by atoms with Gasteiger partial charge in [-0.15, -0.1) is 0 Å². The van der Waals surface area contributed by atoms with Crippen LogP contribution in [0.1, 0.15) is 25.7 Å². The number of phenolic OH excluding ortho intramolecular Hbond substituents is 1. The lowest BCUT2D eigenvalue weighted by Crippen LogP contribution is -2.35. The highest BCUT2D eigenvalue weighted by Crippen LogP contribution is 2.32. The number of ether oxygens (including phenoxy) is 2. The number of phenols is 1. The molecule has 2 aliphatic rings. The molecule has 0 aliphatic carbocycles. The zero-order valence-corrected chi connectivity index (χ0v) is 19.3. The van der Waals surface area contributed by atoms with E-state index in [9.17, 15) is 9.90 Å². The number of aryl methyl sites for hydroxylation is 1. The predicted molar refractivity (Wildman–Crippen MR) is 130 cm³/mol. The number of cyclic esters (lactones) is 1. The van der Waals surface area contributed by atoms with Crippen LogP contribution in [0.15, 0.2) is 49.1 Å². The number of esters is 1. The first kappa shape index (κ1) is 21.6. The van der Waals surface area contributed by atoms with E-state index < -0.39 is 0 Å². The SMILES string of the molecule is O=C1OCCC1CCn1cnc2c(N3CCC[C@@H]3COc3cccc4ccc(O)cc34)ncnc21. The van der Waals surface area contributed by atoms with Crippen LogP contribution in [-0.2, 0) is 16.1 Å². The number of imidazole rings is 1. The van der Waals surface area contributed by atoms with Gasteiger partial charge in [0.2, 0.25) is 0 Å². The molecule has 0 saturated carbocycles. The number of aromatic nitrogens is 4. The Balaban J connectivity index is 1.21. The molecule has 2 saturated heterocycles. The predicted octanol–water partition coefficient (Wildman–Crippen LogP) is 3.69. The molecule has 1 unspecified atom stereocenters. The molecule has 4 heterocycles. The summed E-state index contributed by atoms with van der Waals surface area (Å²) >= 11 is 0. The van der Waals surface area contributed by atoms with E-state index in [1.807, 2.05) is 28.8 Å². The molecule has 9 nitrogen and oxygen atoms in total. The van der Waals surface area contributed by atoms with Gasteiger partial charge in [0.05, 0.1) is 24.9 Å². The van der Waals surface area contributed by atoms with Gasteiger partial charge in [0.1, 0.15) is 24.4 Å². The first-order valence-electron chi connectivity index (χ1n) is 12.1. The third-order valence-corrected chi connectivity index (χ3v) is 7.05. The van der Waals surface area contributed by atoms with Crippen molar-refractivity contribution in [3.63, 3.8) is 0 Å². The summed E-state index contributed by atoms with van der Waals surface area (Å²) in [5.41, 5.74) is 1.54. The van der Waals surface area contributed by atoms with Crippen molar-refractivity contribution in [1.82, 2.24) is 19.5 Å². The number of hydrogen-bond acceptors (Lipinski definition) is 8. The van der Waals surface area contributed by atoms with Crippen molar-refractivity contribution in [1.29, 1.82) is 0 Å². The molecule has 9 heteroatoms. The fraction of sp³-hybridized carbons (Fsp3) is 0.385. The Hall–Kier alpha value is -3.88. The van der Waals surface area contributed by atoms with Crippen LogP contribution in [0.4, 0.5) is 5.82 Å². The minimum Gasteiger partial charge on any atom is -0.508 e. The topological polar surface area (TPSA) is 103 Å². The Bertz CT molecular complexity index is 1390. The standard InChI is InChI=1S/C26H27N5O4/c32-20-7-6-17-3-1-5-22(21(17)13-20)35-14-19-4-2-10-31(19)25-23-24(27-15-28-25)30(16-29-23)11-8-18-9-12-34-26(18)33/h1,3,5-7,13,15-16,18-19,32H,2,4,8-12,14H2/t18?,19-/m1/s1. The molecule has 0 amide bonds. The number of rotatable bonds is 7. The second-order valence-electron chi connectivity index (χ2n) is 9.21. The molecule has 2 aromatic carbocycles. The van der Waals surface area contributed by atoms with Gasteiger partial charge in [-0.05, 0) is 49.3 Å². The maximum absolute atomic E-state index is 11.8. The first-order valence-corrected chi connectivity index (χ1v) is 12.1. The summed E-state index contributed by atoms with van der Waals surface area (Å²) in [7, 11) is 0. The first-order chi connectivity index (χ1) is 17.2. The highest BCUT2D eigenvalue weighted by molar-refractivity contribution is 5.89. The number of anilines is 1. The Morgan fingerprint density at radius 2 is 2.09 bits per heavy atom. The van der Waals surface area contributed by atoms with E-state index in [0.717, 1.165) is 59.3 Å². The van der Waals surface area contributed by atoms with E-state index in [4.69, 9.17) is 9.47 Å². The fourth-order valence-corrected chi connectivity index (χ4v) is 5.17. The number of nitrogens with zero attached hydrogens (tertiary/aromatic N) is 5. The molecule has 2 atom stereocenters. The zero-order chi connectivity index (χ0) is 23.8. The third kappa shape index (κ3) is 4.11. The van der Waals surface area contributed by atoms with Crippen LogP contribution in [0.25, 0.3) is 21.9 Å². The molecule has 180 valence electrons. The van der Waals surface area contributed by atoms with E-state index >= 15 is 0 Å². The third-order valence-electron chi connectivity index (χ3n) is 7.05. The number of hydrogen-bond donors (Lipinski definition) is 1. The summed E-state index contributed by atoms with van der Waals surface area (Å²) in [5.74, 6) is 1.64. The van der Waals surface area contributed by atoms with Crippen LogP contribution < -0.4 is 9.64 Å². The molecule has 2 fully saturated rings. The Morgan fingerprint density at radius 1 is 1.14 bits per heavy atom. The van der Waals surface area contributed by atoms with Crippen molar-refractivity contribution in [2.75, 3.05) is 24.7 Å². The smallest absolute Gasteiger partial charge is 0.309 e. The lowest BCUT2D eigenvalue weighted by atomic mass is 10.0. The highest BCUT2D eigenvalue weighted by atomic mass is 16.5. The zero-order valence-electron chi connectivity index (χ0n) is 19.3. The van der Waals surface area contributed by atoms with E-state index in [-0.39, 0.29) is 23.7 Å².